The molecule has 0 aromatic carbocycles. The van der Waals surface area contributed by atoms with E-state index >= 15 is 0 Å². The Morgan fingerprint density at radius 2 is 2.29 bits per heavy atom. The largest absolute Gasteiger partial charge is 0.465 e. The van der Waals surface area contributed by atoms with Crippen molar-refractivity contribution in [1.29, 1.82) is 0 Å². The van der Waals surface area contributed by atoms with Crippen LogP contribution in [0.2, 0.25) is 0 Å². The number of ether oxygens (including phenoxy) is 1. The second-order valence-electron chi connectivity index (χ2n) is 3.39. The van der Waals surface area contributed by atoms with Gasteiger partial charge >= 0.3 is 5.97 Å². The lowest BCUT2D eigenvalue weighted by molar-refractivity contribution is -0.141. The van der Waals surface area contributed by atoms with Gasteiger partial charge in [-0.2, -0.15) is 0 Å². The van der Waals surface area contributed by atoms with Crippen LogP contribution < -0.4 is 10.6 Å². The maximum Gasteiger partial charge on any atom is 0.325 e. The van der Waals surface area contributed by atoms with Crippen molar-refractivity contribution >= 4 is 33.4 Å². The Hall–Kier alpha value is -1.30. The van der Waals surface area contributed by atoms with Gasteiger partial charge in [0.1, 0.15) is 6.54 Å². The summed E-state index contributed by atoms with van der Waals surface area (Å²) < 4.78 is 5.71. The molecule has 1 heterocycles. The van der Waals surface area contributed by atoms with Gasteiger partial charge < -0.3 is 15.4 Å². The Balaban J connectivity index is 2.82. The number of carbonyl (C=O) groups is 1. The van der Waals surface area contributed by atoms with E-state index in [0.717, 1.165) is 4.47 Å². The Kier molecular flexibility index (Phi) is 5.21. The van der Waals surface area contributed by atoms with Crippen LogP contribution in [0.15, 0.2) is 16.7 Å². The summed E-state index contributed by atoms with van der Waals surface area (Å²) in [5.41, 5.74) is 6.39. The average molecular weight is 302 g/mol. The number of hydrogen-bond donors (Lipinski definition) is 1. The van der Waals surface area contributed by atoms with Crippen molar-refractivity contribution in [2.45, 2.75) is 13.8 Å². The highest BCUT2D eigenvalue weighted by Gasteiger charge is 2.14. The van der Waals surface area contributed by atoms with E-state index in [9.17, 15) is 4.79 Å². The number of esters is 1. The van der Waals surface area contributed by atoms with Gasteiger partial charge in [0, 0.05) is 17.2 Å². The van der Waals surface area contributed by atoms with Crippen LogP contribution >= 0.6 is 15.9 Å². The van der Waals surface area contributed by atoms with Gasteiger partial charge in [-0.15, -0.1) is 0 Å². The molecule has 1 aromatic heterocycles. The van der Waals surface area contributed by atoms with Crippen molar-refractivity contribution in [1.82, 2.24) is 4.98 Å². The standard InChI is InChI=1S/C11H16BrN3O2/c1-3-15(7-10(16)17-4-2)11-9(13)5-8(12)6-14-11/h5-6H,3-4,7,13H2,1-2H3. The third-order valence-electron chi connectivity index (χ3n) is 2.17. The number of rotatable bonds is 5. The lowest BCUT2D eigenvalue weighted by Crippen LogP contribution is -2.32. The van der Waals surface area contributed by atoms with Gasteiger partial charge in [-0.3, -0.25) is 4.79 Å². The smallest absolute Gasteiger partial charge is 0.325 e. The van der Waals surface area contributed by atoms with Gasteiger partial charge in [-0.25, -0.2) is 4.98 Å². The number of nitrogens with zero attached hydrogens (tertiary/aromatic N) is 2. The number of pyridine rings is 1. The highest BCUT2D eigenvalue weighted by molar-refractivity contribution is 9.10. The van der Waals surface area contributed by atoms with Crippen LogP contribution in [-0.2, 0) is 9.53 Å². The molecule has 0 unspecified atom stereocenters. The van der Waals surface area contributed by atoms with Crippen LogP contribution in [0.25, 0.3) is 0 Å². The molecule has 0 atom stereocenters. The molecule has 1 rings (SSSR count). The second kappa shape index (κ2) is 6.44. The number of anilines is 2. The van der Waals surface area contributed by atoms with Gasteiger partial charge in [-0.05, 0) is 35.8 Å². The van der Waals surface area contributed by atoms with E-state index < -0.39 is 0 Å². The molecule has 0 bridgehead atoms. The zero-order valence-electron chi connectivity index (χ0n) is 9.94. The summed E-state index contributed by atoms with van der Waals surface area (Å²) >= 11 is 3.29. The fraction of sp³-hybridized carbons (Fsp3) is 0.455. The van der Waals surface area contributed by atoms with Gasteiger partial charge in [0.2, 0.25) is 0 Å². The number of likely N-dealkylation sites (N-methyl/N-ethyl adjacent to an activating group) is 1. The molecule has 17 heavy (non-hydrogen) atoms. The minimum Gasteiger partial charge on any atom is -0.465 e. The van der Waals surface area contributed by atoms with Gasteiger partial charge in [0.05, 0.1) is 12.3 Å². The number of carbonyl (C=O) groups excluding carboxylic acids is 1. The lowest BCUT2D eigenvalue weighted by atomic mass is 10.3. The first-order chi connectivity index (χ1) is 8.08. The number of halogens is 1. The first-order valence-electron chi connectivity index (χ1n) is 5.40. The molecule has 0 aliphatic rings. The summed E-state index contributed by atoms with van der Waals surface area (Å²) in [6.07, 6.45) is 1.65. The van der Waals surface area contributed by atoms with E-state index in [1.807, 2.05) is 6.92 Å². The fourth-order valence-electron chi connectivity index (χ4n) is 1.41. The summed E-state index contributed by atoms with van der Waals surface area (Å²) in [5, 5.41) is 0. The van der Waals surface area contributed by atoms with E-state index in [1.54, 1.807) is 24.1 Å². The molecule has 0 radical (unpaired) electrons. The summed E-state index contributed by atoms with van der Waals surface area (Å²) in [6.45, 7) is 4.88. The predicted molar refractivity (Wildman–Crippen MR) is 70.9 cm³/mol. The summed E-state index contributed by atoms with van der Waals surface area (Å²) in [4.78, 5) is 17.4. The van der Waals surface area contributed by atoms with Crippen LogP contribution in [0.1, 0.15) is 13.8 Å². The van der Waals surface area contributed by atoms with E-state index in [-0.39, 0.29) is 12.5 Å². The second-order valence-corrected chi connectivity index (χ2v) is 4.30. The molecule has 0 saturated heterocycles. The third kappa shape index (κ3) is 3.89. The van der Waals surface area contributed by atoms with E-state index in [1.165, 1.54) is 0 Å². The van der Waals surface area contributed by atoms with Crippen molar-refractivity contribution in [3.8, 4) is 0 Å². The number of nitrogens with two attached hydrogens (primary N) is 1. The first kappa shape index (κ1) is 13.8. The highest BCUT2D eigenvalue weighted by Crippen LogP contribution is 2.23. The molecule has 6 heteroatoms. The molecular formula is C11H16BrN3O2. The predicted octanol–water partition coefficient (Wildman–Crippen LogP) is 1.82. The normalized spacial score (nSPS) is 10.1. The molecule has 5 nitrogen and oxygen atoms in total. The molecule has 94 valence electrons. The molecule has 0 aliphatic carbocycles. The maximum atomic E-state index is 11.4. The summed E-state index contributed by atoms with van der Waals surface area (Å²) in [6, 6.07) is 1.76. The van der Waals surface area contributed by atoms with Crippen molar-refractivity contribution in [3.63, 3.8) is 0 Å². The topological polar surface area (TPSA) is 68.5 Å². The summed E-state index contributed by atoms with van der Waals surface area (Å²) in [5.74, 6) is 0.322. The SMILES string of the molecule is CCOC(=O)CN(CC)c1ncc(Br)cc1N. The molecular weight excluding hydrogens is 286 g/mol. The van der Waals surface area contributed by atoms with E-state index in [2.05, 4.69) is 20.9 Å². The lowest BCUT2D eigenvalue weighted by Gasteiger charge is -2.22. The van der Waals surface area contributed by atoms with Crippen molar-refractivity contribution < 1.29 is 9.53 Å². The Morgan fingerprint density at radius 1 is 1.59 bits per heavy atom. The Bertz CT molecular complexity index is 398. The molecule has 0 aliphatic heterocycles. The van der Waals surface area contributed by atoms with Crippen molar-refractivity contribution in [2.24, 2.45) is 0 Å². The van der Waals surface area contributed by atoms with Crippen molar-refractivity contribution in [2.75, 3.05) is 30.3 Å². The van der Waals surface area contributed by atoms with E-state index in [4.69, 9.17) is 10.5 Å². The van der Waals surface area contributed by atoms with Crippen LogP contribution in [0.3, 0.4) is 0 Å². The first-order valence-corrected chi connectivity index (χ1v) is 6.19. The van der Waals surface area contributed by atoms with Crippen LogP contribution in [0, 0.1) is 0 Å². The quantitative estimate of drug-likeness (QED) is 0.840. The maximum absolute atomic E-state index is 11.4. The van der Waals surface area contributed by atoms with Crippen LogP contribution in [0.5, 0.6) is 0 Å². The minimum absolute atomic E-state index is 0.156. The van der Waals surface area contributed by atoms with Gasteiger partial charge in [0.15, 0.2) is 5.82 Å². The highest BCUT2D eigenvalue weighted by atomic mass is 79.9. The monoisotopic (exact) mass is 301 g/mol. The zero-order valence-corrected chi connectivity index (χ0v) is 11.5. The third-order valence-corrected chi connectivity index (χ3v) is 2.60. The number of hydrogen-bond acceptors (Lipinski definition) is 5. The molecule has 0 spiro atoms. The molecule has 0 saturated carbocycles. The van der Waals surface area contributed by atoms with Gasteiger partial charge in [-0.1, -0.05) is 0 Å². The Morgan fingerprint density at radius 3 is 2.82 bits per heavy atom. The molecule has 2 N–H and O–H groups in total. The number of aromatic nitrogens is 1. The van der Waals surface area contributed by atoms with E-state index in [0.29, 0.717) is 24.7 Å². The van der Waals surface area contributed by atoms with Crippen LogP contribution in [-0.4, -0.2) is 30.6 Å². The molecule has 0 fully saturated rings. The number of nitrogen functional groups attached to an aromatic ring is 1. The molecule has 1 aromatic rings. The van der Waals surface area contributed by atoms with Crippen molar-refractivity contribution in [3.05, 3.63) is 16.7 Å². The van der Waals surface area contributed by atoms with Crippen LogP contribution in [0.4, 0.5) is 11.5 Å². The average Bonchev–Trinajstić information content (AvgIpc) is 2.27. The van der Waals surface area contributed by atoms with Gasteiger partial charge in [0.25, 0.3) is 0 Å². The fourth-order valence-corrected chi connectivity index (χ4v) is 1.76. The zero-order chi connectivity index (χ0) is 12.8. The molecule has 0 amide bonds. The minimum atomic E-state index is -0.279. The summed E-state index contributed by atoms with van der Waals surface area (Å²) in [7, 11) is 0. The Labute approximate surface area is 109 Å².